The Balaban J connectivity index is 1.19. The van der Waals surface area contributed by atoms with Gasteiger partial charge in [0.2, 0.25) is 23.6 Å². The molecule has 6 aromatic rings. The van der Waals surface area contributed by atoms with Crippen LogP contribution < -0.4 is 26.6 Å². The van der Waals surface area contributed by atoms with Crippen LogP contribution in [0.3, 0.4) is 0 Å². The highest BCUT2D eigenvalue weighted by atomic mass is 16.5. The maximum atomic E-state index is 14.9. The highest BCUT2D eigenvalue weighted by Crippen LogP contribution is 2.27. The molecule has 12 nitrogen and oxygen atoms in total. The molecule has 0 saturated heterocycles. The molecule has 0 aliphatic carbocycles. The molecule has 0 bridgehead atoms. The van der Waals surface area contributed by atoms with Crippen molar-refractivity contribution in [1.82, 2.24) is 26.6 Å². The average molecular weight is 962 g/mol. The summed E-state index contributed by atoms with van der Waals surface area (Å²) in [5, 5.41) is 30.7. The van der Waals surface area contributed by atoms with Gasteiger partial charge in [-0.15, -0.1) is 0 Å². The summed E-state index contributed by atoms with van der Waals surface area (Å²) in [4.78, 5) is 69.1. The fourth-order valence-corrected chi connectivity index (χ4v) is 9.03. The molecule has 71 heavy (non-hydrogen) atoms. The smallest absolute Gasteiger partial charge is 0.407 e. The standard InChI is InChI=1S/C59H71N5O7/c1-40(2)33-52(54(65)37-55(66)62-53(34-41(3)4)57(68)61-38-42-19-7-5-8-20-42)64-58(69)51(31-15-16-32-60-59(70)71-39-43-21-9-6-10-22-43)63-56(67)48(35-46-27-17-25-44-23-11-13-29-49(44)46)36-47-28-18-26-45-24-12-14-30-50(45)47/h5-14,17-30,40-41,48,51-54,65H,15-16,31-39H2,1-4H3,(H,60,70)(H,61,68)(H,62,66)(H,63,67)(H,64,69)/t51?,52?,53?,54-/m0/s1. The number of alkyl carbamates (subject to hydrolysis) is 1. The molecule has 0 saturated carbocycles. The summed E-state index contributed by atoms with van der Waals surface area (Å²) in [7, 11) is 0. The first-order valence-corrected chi connectivity index (χ1v) is 25.1. The number of unbranched alkanes of at least 4 members (excludes halogenated alkanes) is 1. The number of rotatable bonds is 26. The van der Waals surface area contributed by atoms with Crippen molar-refractivity contribution < 1.29 is 33.8 Å². The van der Waals surface area contributed by atoms with E-state index in [9.17, 15) is 29.1 Å². The minimum absolute atomic E-state index is 0.0157. The zero-order valence-electron chi connectivity index (χ0n) is 41.6. The van der Waals surface area contributed by atoms with Crippen molar-refractivity contribution in [3.63, 3.8) is 0 Å². The second-order valence-corrected chi connectivity index (χ2v) is 19.4. The number of carbonyl (C=O) groups is 5. The van der Waals surface area contributed by atoms with Crippen LogP contribution in [-0.4, -0.2) is 65.6 Å². The molecule has 0 aromatic heterocycles. The Kier molecular flexibility index (Phi) is 20.5. The van der Waals surface area contributed by atoms with Crippen molar-refractivity contribution in [2.75, 3.05) is 6.54 Å². The van der Waals surface area contributed by atoms with Crippen LogP contribution >= 0.6 is 0 Å². The SMILES string of the molecule is CC(C)CC(NC(=O)C[C@H](O)C(CC(C)C)NC(=O)C(CCCCNC(=O)OCc1ccccc1)NC(=O)C(Cc1cccc2ccccc12)Cc1cccc2ccccc12)C(=O)NCc1ccccc1. The fraction of sp³-hybridized carbons (Fsp3) is 0.373. The summed E-state index contributed by atoms with van der Waals surface area (Å²) in [6.07, 6.45) is 0.503. The Morgan fingerprint density at radius 2 is 1.08 bits per heavy atom. The summed E-state index contributed by atoms with van der Waals surface area (Å²) < 4.78 is 5.38. The van der Waals surface area contributed by atoms with Crippen molar-refractivity contribution in [3.05, 3.63) is 168 Å². The van der Waals surface area contributed by atoms with E-state index in [1.165, 1.54) is 0 Å². The van der Waals surface area contributed by atoms with E-state index >= 15 is 0 Å². The number of aliphatic hydroxyl groups excluding tert-OH is 1. The second kappa shape index (κ2) is 27.4. The molecule has 5 amide bonds. The highest BCUT2D eigenvalue weighted by molar-refractivity contribution is 5.92. The topological polar surface area (TPSA) is 175 Å². The largest absolute Gasteiger partial charge is 0.445 e. The van der Waals surface area contributed by atoms with Crippen LogP contribution in [0.25, 0.3) is 21.5 Å². The van der Waals surface area contributed by atoms with Gasteiger partial charge in [0.15, 0.2) is 0 Å². The lowest BCUT2D eigenvalue weighted by Gasteiger charge is -2.29. The molecule has 0 spiro atoms. The number of benzene rings is 6. The van der Waals surface area contributed by atoms with Crippen molar-refractivity contribution in [2.45, 2.75) is 116 Å². The second-order valence-electron chi connectivity index (χ2n) is 19.4. The van der Waals surface area contributed by atoms with E-state index in [1.54, 1.807) is 0 Å². The van der Waals surface area contributed by atoms with Gasteiger partial charge in [-0.2, -0.15) is 0 Å². The monoisotopic (exact) mass is 962 g/mol. The maximum absolute atomic E-state index is 14.9. The molecule has 0 fully saturated rings. The molecule has 4 atom stereocenters. The summed E-state index contributed by atoms with van der Waals surface area (Å²) in [5.41, 5.74) is 3.81. The number of aliphatic hydroxyl groups is 1. The molecule has 0 aliphatic heterocycles. The first-order valence-electron chi connectivity index (χ1n) is 25.1. The number of ether oxygens (including phenoxy) is 1. The number of fused-ring (bicyclic) bond motifs is 2. The number of nitrogens with one attached hydrogen (secondary N) is 5. The first kappa shape index (κ1) is 53.3. The Hall–Kier alpha value is -7.05. The number of carbonyl (C=O) groups excluding carboxylic acids is 5. The molecule has 374 valence electrons. The lowest BCUT2D eigenvalue weighted by molar-refractivity contribution is -0.133. The van der Waals surface area contributed by atoms with E-state index in [0.717, 1.165) is 43.8 Å². The normalized spacial score (nSPS) is 13.1. The molecule has 0 radical (unpaired) electrons. The molecule has 12 heteroatoms. The van der Waals surface area contributed by atoms with Crippen LogP contribution in [0.1, 0.15) is 88.5 Å². The zero-order valence-corrected chi connectivity index (χ0v) is 41.6. The van der Waals surface area contributed by atoms with Gasteiger partial charge in [-0.25, -0.2) is 4.79 Å². The molecular weight excluding hydrogens is 891 g/mol. The molecule has 6 N–H and O–H groups in total. The Morgan fingerprint density at radius 1 is 0.535 bits per heavy atom. The Morgan fingerprint density at radius 3 is 1.68 bits per heavy atom. The zero-order chi connectivity index (χ0) is 50.5. The van der Waals surface area contributed by atoms with Crippen LogP contribution in [0.2, 0.25) is 0 Å². The molecule has 0 aliphatic rings. The van der Waals surface area contributed by atoms with Gasteiger partial charge in [0.25, 0.3) is 0 Å². The number of hydrogen-bond acceptors (Lipinski definition) is 7. The molecule has 0 heterocycles. The van der Waals surface area contributed by atoms with E-state index in [-0.39, 0.29) is 49.6 Å². The van der Waals surface area contributed by atoms with Gasteiger partial charge in [-0.3, -0.25) is 19.2 Å². The van der Waals surface area contributed by atoms with Crippen molar-refractivity contribution in [3.8, 4) is 0 Å². The van der Waals surface area contributed by atoms with Crippen molar-refractivity contribution in [2.24, 2.45) is 17.8 Å². The van der Waals surface area contributed by atoms with Gasteiger partial charge in [0, 0.05) is 19.0 Å². The van der Waals surface area contributed by atoms with Gasteiger partial charge in [0.1, 0.15) is 18.7 Å². The number of hydrogen-bond donors (Lipinski definition) is 6. The highest BCUT2D eigenvalue weighted by Gasteiger charge is 2.32. The molecule has 6 rings (SSSR count). The maximum Gasteiger partial charge on any atom is 0.407 e. The summed E-state index contributed by atoms with van der Waals surface area (Å²) in [5.74, 6) is -2.11. The minimum Gasteiger partial charge on any atom is -0.445 e. The van der Waals surface area contributed by atoms with E-state index in [2.05, 4.69) is 63.0 Å². The van der Waals surface area contributed by atoms with Gasteiger partial charge >= 0.3 is 6.09 Å². The van der Waals surface area contributed by atoms with Gasteiger partial charge in [-0.1, -0.05) is 173 Å². The predicted molar refractivity (Wildman–Crippen MR) is 281 cm³/mol. The van der Waals surface area contributed by atoms with Crippen LogP contribution in [-0.2, 0) is 49.9 Å². The van der Waals surface area contributed by atoms with Crippen molar-refractivity contribution >= 4 is 51.3 Å². The van der Waals surface area contributed by atoms with Gasteiger partial charge < -0.3 is 36.4 Å². The summed E-state index contributed by atoms with van der Waals surface area (Å²) >= 11 is 0. The van der Waals surface area contributed by atoms with E-state index in [0.29, 0.717) is 45.1 Å². The summed E-state index contributed by atoms with van der Waals surface area (Å²) in [6, 6.07) is 44.6. The lowest BCUT2D eigenvalue weighted by atomic mass is 9.87. The third-order valence-corrected chi connectivity index (χ3v) is 12.7. The molecule has 6 aromatic carbocycles. The Bertz CT molecular complexity index is 2570. The van der Waals surface area contributed by atoms with E-state index < -0.39 is 48.1 Å². The van der Waals surface area contributed by atoms with Crippen LogP contribution in [0, 0.1) is 17.8 Å². The Labute approximate surface area is 418 Å². The average Bonchev–Trinajstić information content (AvgIpc) is 3.36. The molecule has 3 unspecified atom stereocenters. The number of amides is 5. The van der Waals surface area contributed by atoms with Gasteiger partial charge in [-0.05, 0) is 101 Å². The molecular formula is C59H71N5O7. The quantitative estimate of drug-likeness (QED) is 0.0294. The third kappa shape index (κ3) is 17.1. The first-order chi connectivity index (χ1) is 34.3. The minimum atomic E-state index is -1.30. The van der Waals surface area contributed by atoms with E-state index in [4.69, 9.17) is 4.74 Å². The lowest BCUT2D eigenvalue weighted by Crippen LogP contribution is -2.55. The van der Waals surface area contributed by atoms with Gasteiger partial charge in [0.05, 0.1) is 18.6 Å². The predicted octanol–water partition coefficient (Wildman–Crippen LogP) is 9.11. The van der Waals surface area contributed by atoms with Crippen LogP contribution in [0.15, 0.2) is 146 Å². The van der Waals surface area contributed by atoms with E-state index in [1.807, 2.05) is 137 Å². The summed E-state index contributed by atoms with van der Waals surface area (Å²) in [6.45, 7) is 8.58. The van der Waals surface area contributed by atoms with Crippen LogP contribution in [0.4, 0.5) is 4.79 Å². The fourth-order valence-electron chi connectivity index (χ4n) is 9.03. The van der Waals surface area contributed by atoms with Crippen LogP contribution in [0.5, 0.6) is 0 Å². The van der Waals surface area contributed by atoms with Crippen molar-refractivity contribution in [1.29, 1.82) is 0 Å². The third-order valence-electron chi connectivity index (χ3n) is 12.7.